The van der Waals surface area contributed by atoms with Crippen LogP contribution in [-0.4, -0.2) is 30.2 Å². The Kier molecular flexibility index (Phi) is 6.00. The van der Waals surface area contributed by atoms with E-state index >= 15 is 0 Å². The minimum Gasteiger partial charge on any atom is -0.426 e. The van der Waals surface area contributed by atoms with Crippen molar-refractivity contribution >= 4 is 51.0 Å². The fourth-order valence-corrected chi connectivity index (χ4v) is 5.06. The van der Waals surface area contributed by atoms with Crippen LogP contribution in [0.4, 0.5) is 11.4 Å². The first-order chi connectivity index (χ1) is 17.2. The minimum atomic E-state index is -0.591. The van der Waals surface area contributed by atoms with Gasteiger partial charge in [-0.15, -0.1) is 0 Å². The topological polar surface area (TPSA) is 84.0 Å². The van der Waals surface area contributed by atoms with Crippen LogP contribution in [0.25, 0.3) is 0 Å². The molecule has 7 nitrogen and oxygen atoms in total. The van der Waals surface area contributed by atoms with E-state index in [1.807, 2.05) is 32.0 Å². The first-order valence-electron chi connectivity index (χ1n) is 11.5. The summed E-state index contributed by atoms with van der Waals surface area (Å²) in [6, 6.07) is 15.5. The number of aryl methyl sites for hydroxylation is 2. The third kappa shape index (κ3) is 4.01. The summed E-state index contributed by atoms with van der Waals surface area (Å²) in [4.78, 5) is 54.2. The molecule has 1 fully saturated rings. The molecule has 8 heteroatoms. The Labute approximate surface area is 216 Å². The Morgan fingerprint density at radius 1 is 0.889 bits per heavy atom. The minimum absolute atomic E-state index is 0.0773. The van der Waals surface area contributed by atoms with Crippen molar-refractivity contribution in [2.45, 2.75) is 27.2 Å². The average Bonchev–Trinajstić information content (AvgIpc) is 3.33. The lowest BCUT2D eigenvalue weighted by Crippen LogP contribution is -2.30. The highest BCUT2D eigenvalue weighted by Gasteiger charge is 2.39. The zero-order valence-electron chi connectivity index (χ0n) is 20.0. The lowest BCUT2D eigenvalue weighted by Gasteiger charge is -2.20. The quantitative estimate of drug-likeness (QED) is 0.257. The Morgan fingerprint density at radius 3 is 2.39 bits per heavy atom. The van der Waals surface area contributed by atoms with Gasteiger partial charge in [0.2, 0.25) is 5.91 Å². The summed E-state index contributed by atoms with van der Waals surface area (Å²) in [7, 11) is 0. The van der Waals surface area contributed by atoms with Crippen molar-refractivity contribution in [1.29, 1.82) is 0 Å². The lowest BCUT2D eigenvalue weighted by atomic mass is 10.1. The molecule has 0 N–H and O–H groups in total. The zero-order valence-corrected chi connectivity index (χ0v) is 21.6. The molecule has 0 unspecified atom stereocenters. The van der Waals surface area contributed by atoms with Gasteiger partial charge in [0.1, 0.15) is 5.75 Å². The molecule has 182 valence electrons. The third-order valence-corrected chi connectivity index (χ3v) is 7.29. The van der Waals surface area contributed by atoms with Crippen LogP contribution >= 0.6 is 15.9 Å². The molecule has 2 aliphatic heterocycles. The molecule has 36 heavy (non-hydrogen) atoms. The summed E-state index contributed by atoms with van der Waals surface area (Å²) in [5, 5.41) is 0. The van der Waals surface area contributed by atoms with Crippen molar-refractivity contribution in [1.82, 2.24) is 0 Å². The van der Waals surface area contributed by atoms with Crippen molar-refractivity contribution in [3.8, 4) is 5.75 Å². The molecule has 2 heterocycles. The molecule has 1 atom stereocenters. The summed E-state index contributed by atoms with van der Waals surface area (Å²) in [6.07, 6.45) is 0.0773. The molecule has 0 radical (unpaired) electrons. The Hall–Kier alpha value is -3.78. The molecule has 5 rings (SSSR count). The van der Waals surface area contributed by atoms with Crippen LogP contribution < -0.4 is 14.5 Å². The van der Waals surface area contributed by atoms with E-state index < -0.39 is 23.7 Å². The van der Waals surface area contributed by atoms with Crippen LogP contribution in [0.3, 0.4) is 0 Å². The van der Waals surface area contributed by atoms with Gasteiger partial charge in [-0.3, -0.25) is 19.2 Å². The van der Waals surface area contributed by atoms with Gasteiger partial charge < -0.3 is 9.64 Å². The number of esters is 1. The van der Waals surface area contributed by atoms with Gasteiger partial charge in [0, 0.05) is 23.1 Å². The first kappa shape index (κ1) is 23.9. The van der Waals surface area contributed by atoms with E-state index in [9.17, 15) is 19.2 Å². The molecule has 3 aromatic rings. The van der Waals surface area contributed by atoms with Gasteiger partial charge >= 0.3 is 5.97 Å². The van der Waals surface area contributed by atoms with Crippen LogP contribution in [0, 0.1) is 26.7 Å². The molecular weight excluding hydrogens is 524 g/mol. The molecule has 1 saturated heterocycles. The second-order valence-electron chi connectivity index (χ2n) is 9.13. The van der Waals surface area contributed by atoms with Gasteiger partial charge in [0.05, 0.1) is 22.7 Å². The summed E-state index contributed by atoms with van der Waals surface area (Å²) < 4.78 is 6.31. The molecule has 2 aliphatic rings. The maximum absolute atomic E-state index is 12.9. The number of nitrogens with zero attached hydrogens (tertiary/aromatic N) is 2. The second-order valence-corrected chi connectivity index (χ2v) is 10.0. The fourth-order valence-electron chi connectivity index (χ4n) is 4.70. The highest BCUT2D eigenvalue weighted by Crippen LogP contribution is 2.34. The van der Waals surface area contributed by atoms with Gasteiger partial charge in [-0.2, -0.15) is 0 Å². The van der Waals surface area contributed by atoms with E-state index in [4.69, 9.17) is 4.74 Å². The standard InChI is InChI=1S/C28H23BrN2O5/c1-15-5-4-6-24(17(15)3)30-14-18(12-25(30)32)28(35)36-20-8-10-23(16(2)11-20)31-26(33)21-9-7-19(29)13-22(21)27(31)34/h4-11,13,18H,12,14H2,1-3H3/t18-/m1/s1. The van der Waals surface area contributed by atoms with Gasteiger partial charge in [0.15, 0.2) is 0 Å². The highest BCUT2D eigenvalue weighted by atomic mass is 79.9. The number of carbonyl (C=O) groups is 4. The van der Waals surface area contributed by atoms with Crippen molar-refractivity contribution in [3.05, 3.63) is 86.9 Å². The van der Waals surface area contributed by atoms with E-state index in [1.54, 1.807) is 48.2 Å². The van der Waals surface area contributed by atoms with Crippen LogP contribution in [0.15, 0.2) is 59.1 Å². The number of fused-ring (bicyclic) bond motifs is 1. The maximum Gasteiger partial charge on any atom is 0.316 e. The summed E-state index contributed by atoms with van der Waals surface area (Å²) >= 11 is 3.34. The number of ether oxygens (including phenoxy) is 1. The number of hydrogen-bond acceptors (Lipinski definition) is 5. The maximum atomic E-state index is 12.9. The lowest BCUT2D eigenvalue weighted by molar-refractivity contribution is -0.139. The Balaban J connectivity index is 1.32. The predicted octanol–water partition coefficient (Wildman–Crippen LogP) is 5.13. The predicted molar refractivity (Wildman–Crippen MR) is 138 cm³/mol. The van der Waals surface area contributed by atoms with E-state index in [0.29, 0.717) is 32.6 Å². The normalized spacial score (nSPS) is 17.1. The molecule has 0 spiro atoms. The van der Waals surface area contributed by atoms with Crippen LogP contribution in [0.5, 0.6) is 5.75 Å². The molecule has 0 aliphatic carbocycles. The van der Waals surface area contributed by atoms with Gasteiger partial charge in [-0.05, 0) is 79.9 Å². The van der Waals surface area contributed by atoms with Crippen molar-refractivity contribution in [2.24, 2.45) is 5.92 Å². The molecule has 3 amide bonds. The number of rotatable bonds is 4. The van der Waals surface area contributed by atoms with Crippen molar-refractivity contribution < 1.29 is 23.9 Å². The molecule has 0 aromatic heterocycles. The SMILES string of the molecule is Cc1cc(OC(=O)[C@@H]2CC(=O)N(c3cccc(C)c3C)C2)ccc1N1C(=O)c2ccc(Br)cc2C1=O. The Morgan fingerprint density at radius 2 is 1.64 bits per heavy atom. The number of benzene rings is 3. The van der Waals surface area contributed by atoms with E-state index in [-0.39, 0.29) is 18.9 Å². The Bertz CT molecular complexity index is 1460. The van der Waals surface area contributed by atoms with E-state index in [1.165, 1.54) is 0 Å². The monoisotopic (exact) mass is 546 g/mol. The smallest absolute Gasteiger partial charge is 0.316 e. The van der Waals surface area contributed by atoms with E-state index in [2.05, 4.69) is 15.9 Å². The van der Waals surface area contributed by atoms with Crippen molar-refractivity contribution in [2.75, 3.05) is 16.3 Å². The number of halogens is 1. The summed E-state index contributed by atoms with van der Waals surface area (Å²) in [5.41, 5.74) is 4.60. The fraction of sp³-hybridized carbons (Fsp3) is 0.214. The summed E-state index contributed by atoms with van der Waals surface area (Å²) in [5.74, 6) is -1.71. The first-order valence-corrected chi connectivity index (χ1v) is 12.3. The van der Waals surface area contributed by atoms with Gasteiger partial charge in [0.25, 0.3) is 11.8 Å². The van der Waals surface area contributed by atoms with Gasteiger partial charge in [-0.25, -0.2) is 4.90 Å². The largest absolute Gasteiger partial charge is 0.426 e. The number of carbonyl (C=O) groups excluding carboxylic acids is 4. The summed E-state index contributed by atoms with van der Waals surface area (Å²) in [6.45, 7) is 5.94. The van der Waals surface area contributed by atoms with E-state index in [0.717, 1.165) is 21.7 Å². The average molecular weight is 547 g/mol. The second kappa shape index (κ2) is 9.02. The van der Waals surface area contributed by atoms with Gasteiger partial charge in [-0.1, -0.05) is 28.1 Å². The van der Waals surface area contributed by atoms with Crippen LogP contribution in [-0.2, 0) is 9.59 Å². The molecule has 0 bridgehead atoms. The van der Waals surface area contributed by atoms with Crippen LogP contribution in [0.2, 0.25) is 0 Å². The number of hydrogen-bond donors (Lipinski definition) is 0. The van der Waals surface area contributed by atoms with Crippen LogP contribution in [0.1, 0.15) is 43.8 Å². The molecular formula is C28H23BrN2O5. The number of anilines is 2. The molecule has 0 saturated carbocycles. The van der Waals surface area contributed by atoms with Crippen molar-refractivity contribution in [3.63, 3.8) is 0 Å². The highest BCUT2D eigenvalue weighted by molar-refractivity contribution is 9.10. The number of imide groups is 1. The molecule has 3 aromatic carbocycles. The third-order valence-electron chi connectivity index (χ3n) is 6.80. The zero-order chi connectivity index (χ0) is 25.7. The number of amides is 3.